The summed E-state index contributed by atoms with van der Waals surface area (Å²) in [6.07, 6.45) is 0. The van der Waals surface area contributed by atoms with Gasteiger partial charge in [0.1, 0.15) is 6.61 Å². The third-order valence-electron chi connectivity index (χ3n) is 2.58. The molecular formula is C13H5F7O. The fourth-order valence-electron chi connectivity index (χ4n) is 1.54. The van der Waals surface area contributed by atoms with E-state index in [1.54, 1.807) is 0 Å². The number of para-hydroxylation sites is 1. The summed E-state index contributed by atoms with van der Waals surface area (Å²) in [5.41, 5.74) is -1.32. The van der Waals surface area contributed by atoms with Crippen LogP contribution in [0.4, 0.5) is 30.7 Å². The molecule has 0 aliphatic heterocycles. The standard InChI is InChI=1S/C13H5F7O/c14-6-2-1-3-7(15)13(6)21-4-5-8(16)10(18)12(20)11(19)9(5)17/h1-3H,4H2. The molecule has 0 aromatic heterocycles. The van der Waals surface area contributed by atoms with E-state index in [1.807, 2.05) is 0 Å². The highest BCUT2D eigenvalue weighted by Crippen LogP contribution is 2.26. The van der Waals surface area contributed by atoms with Crippen LogP contribution in [-0.2, 0) is 6.61 Å². The highest BCUT2D eigenvalue weighted by atomic mass is 19.2. The maximum absolute atomic E-state index is 13.3. The zero-order valence-corrected chi connectivity index (χ0v) is 9.99. The molecule has 112 valence electrons. The summed E-state index contributed by atoms with van der Waals surface area (Å²) >= 11 is 0. The lowest BCUT2D eigenvalue weighted by Gasteiger charge is -2.11. The predicted octanol–water partition coefficient (Wildman–Crippen LogP) is 4.24. The Hall–Kier alpha value is -2.25. The second-order valence-electron chi connectivity index (χ2n) is 3.89. The topological polar surface area (TPSA) is 9.23 Å². The normalized spacial score (nSPS) is 10.8. The molecule has 0 N–H and O–H groups in total. The molecule has 0 aliphatic rings. The van der Waals surface area contributed by atoms with Crippen molar-refractivity contribution in [2.24, 2.45) is 0 Å². The maximum Gasteiger partial charge on any atom is 0.200 e. The van der Waals surface area contributed by atoms with Crippen LogP contribution < -0.4 is 4.74 Å². The Morgan fingerprint density at radius 2 is 1.10 bits per heavy atom. The van der Waals surface area contributed by atoms with Gasteiger partial charge < -0.3 is 4.74 Å². The Kier molecular flexibility index (Phi) is 4.06. The number of ether oxygens (including phenoxy) is 1. The molecule has 0 bridgehead atoms. The minimum absolute atomic E-state index is 0.803. The van der Waals surface area contributed by atoms with Crippen LogP contribution in [0.1, 0.15) is 5.56 Å². The van der Waals surface area contributed by atoms with Gasteiger partial charge in [0.25, 0.3) is 0 Å². The number of hydrogen-bond acceptors (Lipinski definition) is 1. The Labute approximate surface area is 113 Å². The van der Waals surface area contributed by atoms with Gasteiger partial charge in [-0.05, 0) is 12.1 Å². The zero-order chi connectivity index (χ0) is 15.7. The van der Waals surface area contributed by atoms with Crippen LogP contribution >= 0.6 is 0 Å². The van der Waals surface area contributed by atoms with Crippen molar-refractivity contribution in [3.05, 3.63) is 64.5 Å². The van der Waals surface area contributed by atoms with Crippen LogP contribution in [0, 0.1) is 40.7 Å². The van der Waals surface area contributed by atoms with Gasteiger partial charge in [-0.3, -0.25) is 0 Å². The molecule has 0 saturated heterocycles. The van der Waals surface area contributed by atoms with Crippen molar-refractivity contribution >= 4 is 0 Å². The van der Waals surface area contributed by atoms with Gasteiger partial charge in [-0.25, -0.2) is 30.7 Å². The number of hydrogen-bond donors (Lipinski definition) is 0. The molecule has 0 amide bonds. The van der Waals surface area contributed by atoms with E-state index in [1.165, 1.54) is 0 Å². The highest BCUT2D eigenvalue weighted by Gasteiger charge is 2.26. The molecule has 2 rings (SSSR count). The van der Waals surface area contributed by atoms with Gasteiger partial charge in [-0.15, -0.1) is 0 Å². The first kappa shape index (κ1) is 15.1. The van der Waals surface area contributed by atoms with Crippen molar-refractivity contribution in [3.63, 3.8) is 0 Å². The lowest BCUT2D eigenvalue weighted by Crippen LogP contribution is -2.10. The smallest absolute Gasteiger partial charge is 0.200 e. The average molecular weight is 310 g/mol. The quantitative estimate of drug-likeness (QED) is 0.468. The predicted molar refractivity (Wildman–Crippen MR) is 56.9 cm³/mol. The van der Waals surface area contributed by atoms with Crippen molar-refractivity contribution < 1.29 is 35.5 Å². The minimum Gasteiger partial charge on any atom is -0.483 e. The number of halogens is 7. The molecule has 8 heteroatoms. The summed E-state index contributed by atoms with van der Waals surface area (Å²) in [6.45, 7) is -1.23. The fraction of sp³-hybridized carbons (Fsp3) is 0.0769. The van der Waals surface area contributed by atoms with E-state index >= 15 is 0 Å². The molecule has 0 atom stereocenters. The number of rotatable bonds is 3. The molecule has 0 unspecified atom stereocenters. The summed E-state index contributed by atoms with van der Waals surface area (Å²) in [4.78, 5) is 0. The molecule has 2 aromatic rings. The first-order valence-electron chi connectivity index (χ1n) is 5.41. The molecule has 0 heterocycles. The summed E-state index contributed by atoms with van der Waals surface area (Å²) in [6, 6.07) is 2.61. The van der Waals surface area contributed by atoms with Gasteiger partial charge in [0.05, 0.1) is 5.56 Å². The Morgan fingerprint density at radius 1 is 0.667 bits per heavy atom. The van der Waals surface area contributed by atoms with Gasteiger partial charge in [-0.2, -0.15) is 0 Å². The fourth-order valence-corrected chi connectivity index (χ4v) is 1.54. The van der Waals surface area contributed by atoms with E-state index < -0.39 is 58.6 Å². The first-order chi connectivity index (χ1) is 9.84. The monoisotopic (exact) mass is 310 g/mol. The zero-order valence-electron chi connectivity index (χ0n) is 9.99. The first-order valence-corrected chi connectivity index (χ1v) is 5.41. The summed E-state index contributed by atoms with van der Waals surface area (Å²) in [5.74, 6) is -14.3. The molecule has 1 nitrogen and oxygen atoms in total. The Balaban J connectivity index is 2.37. The van der Waals surface area contributed by atoms with Crippen LogP contribution in [0.15, 0.2) is 18.2 Å². The molecular weight excluding hydrogens is 305 g/mol. The summed E-state index contributed by atoms with van der Waals surface area (Å²) < 4.78 is 96.2. The van der Waals surface area contributed by atoms with Gasteiger partial charge in [0.15, 0.2) is 40.7 Å². The summed E-state index contributed by atoms with van der Waals surface area (Å²) in [5, 5.41) is 0. The molecule has 0 saturated carbocycles. The van der Waals surface area contributed by atoms with Gasteiger partial charge in [0.2, 0.25) is 5.82 Å². The van der Waals surface area contributed by atoms with Crippen LogP contribution in [0.3, 0.4) is 0 Å². The second-order valence-corrected chi connectivity index (χ2v) is 3.89. The van der Waals surface area contributed by atoms with Crippen LogP contribution in [0.25, 0.3) is 0 Å². The molecule has 0 spiro atoms. The molecule has 2 aromatic carbocycles. The highest BCUT2D eigenvalue weighted by molar-refractivity contribution is 5.28. The van der Waals surface area contributed by atoms with E-state index in [-0.39, 0.29) is 0 Å². The van der Waals surface area contributed by atoms with Crippen molar-refractivity contribution in [2.75, 3.05) is 0 Å². The molecule has 21 heavy (non-hydrogen) atoms. The minimum atomic E-state index is -2.33. The molecule has 0 aliphatic carbocycles. The van der Waals surface area contributed by atoms with Crippen LogP contribution in [-0.4, -0.2) is 0 Å². The molecule has 0 fully saturated rings. The lowest BCUT2D eigenvalue weighted by atomic mass is 10.2. The van der Waals surface area contributed by atoms with E-state index in [2.05, 4.69) is 4.74 Å². The third-order valence-corrected chi connectivity index (χ3v) is 2.58. The average Bonchev–Trinajstić information content (AvgIpc) is 2.45. The van der Waals surface area contributed by atoms with E-state index in [9.17, 15) is 30.7 Å². The van der Waals surface area contributed by atoms with Crippen molar-refractivity contribution in [2.45, 2.75) is 6.61 Å². The largest absolute Gasteiger partial charge is 0.483 e. The number of benzene rings is 2. The second kappa shape index (κ2) is 5.63. The van der Waals surface area contributed by atoms with Crippen molar-refractivity contribution in [1.29, 1.82) is 0 Å². The molecule has 0 radical (unpaired) electrons. The van der Waals surface area contributed by atoms with Gasteiger partial charge in [0, 0.05) is 0 Å². The van der Waals surface area contributed by atoms with Gasteiger partial charge >= 0.3 is 0 Å². The van der Waals surface area contributed by atoms with Crippen molar-refractivity contribution in [1.82, 2.24) is 0 Å². The maximum atomic E-state index is 13.3. The Morgan fingerprint density at radius 3 is 1.57 bits per heavy atom. The SMILES string of the molecule is Fc1cccc(F)c1OCc1c(F)c(F)c(F)c(F)c1F. The van der Waals surface area contributed by atoms with E-state index in [0.29, 0.717) is 0 Å². The van der Waals surface area contributed by atoms with Gasteiger partial charge in [-0.1, -0.05) is 6.07 Å². The summed E-state index contributed by atoms with van der Waals surface area (Å²) in [7, 11) is 0. The van der Waals surface area contributed by atoms with E-state index in [4.69, 9.17) is 0 Å². The van der Waals surface area contributed by atoms with Crippen LogP contribution in [0.5, 0.6) is 5.75 Å². The lowest BCUT2D eigenvalue weighted by molar-refractivity contribution is 0.255. The Bertz CT molecular complexity index is 650. The van der Waals surface area contributed by atoms with Crippen LogP contribution in [0.2, 0.25) is 0 Å². The van der Waals surface area contributed by atoms with Crippen molar-refractivity contribution in [3.8, 4) is 5.75 Å². The third kappa shape index (κ3) is 2.65. The van der Waals surface area contributed by atoms with E-state index in [0.717, 1.165) is 18.2 Å².